The summed E-state index contributed by atoms with van der Waals surface area (Å²) in [6.07, 6.45) is 0.540. The second-order valence-electron chi connectivity index (χ2n) is 6.96. The van der Waals surface area contributed by atoms with Crippen molar-refractivity contribution < 1.29 is 28.9 Å². The Morgan fingerprint density at radius 2 is 1.87 bits per heavy atom. The molecule has 1 amide bonds. The van der Waals surface area contributed by atoms with E-state index in [1.54, 1.807) is 43.5 Å². The van der Waals surface area contributed by atoms with Crippen LogP contribution in [0.2, 0.25) is 5.02 Å². The van der Waals surface area contributed by atoms with Crippen LogP contribution in [0.1, 0.15) is 23.6 Å². The lowest BCUT2D eigenvalue weighted by molar-refractivity contribution is -0.140. The van der Waals surface area contributed by atoms with Gasteiger partial charge in [-0.1, -0.05) is 23.7 Å². The number of carbonyl (C=O) groups excluding carboxylic acids is 2. The zero-order valence-corrected chi connectivity index (χ0v) is 18.3. The Morgan fingerprint density at radius 1 is 1.10 bits per heavy atom. The van der Waals surface area contributed by atoms with Gasteiger partial charge in [0.1, 0.15) is 17.3 Å². The van der Waals surface area contributed by atoms with Crippen LogP contribution in [0.5, 0.6) is 11.5 Å². The summed E-state index contributed by atoms with van der Waals surface area (Å²) in [5.74, 6) is -0.801. The quantitative estimate of drug-likeness (QED) is 0.288. The van der Waals surface area contributed by atoms with Crippen LogP contribution < -0.4 is 9.47 Å². The number of nitrogens with zero attached hydrogens (tertiary/aromatic N) is 1. The van der Waals surface area contributed by atoms with Crippen LogP contribution in [0.25, 0.3) is 5.76 Å². The fourth-order valence-corrected chi connectivity index (χ4v) is 3.81. The molecule has 1 aliphatic heterocycles. The highest BCUT2D eigenvalue weighted by molar-refractivity contribution is 6.46. The molecule has 31 heavy (non-hydrogen) atoms. The Balaban J connectivity index is 2.16. The molecule has 1 aliphatic rings. The van der Waals surface area contributed by atoms with Crippen LogP contribution >= 0.6 is 11.6 Å². The number of halogens is 1. The first-order chi connectivity index (χ1) is 14.9. The van der Waals surface area contributed by atoms with Gasteiger partial charge in [-0.2, -0.15) is 0 Å². The Morgan fingerprint density at radius 3 is 2.55 bits per heavy atom. The van der Waals surface area contributed by atoms with E-state index in [2.05, 4.69) is 0 Å². The van der Waals surface area contributed by atoms with Gasteiger partial charge in [-0.25, -0.2) is 0 Å². The molecule has 0 aromatic heterocycles. The summed E-state index contributed by atoms with van der Waals surface area (Å²) in [4.78, 5) is 27.3. The van der Waals surface area contributed by atoms with Crippen molar-refractivity contribution in [2.75, 3.05) is 34.5 Å². The van der Waals surface area contributed by atoms with Gasteiger partial charge in [0.05, 0.1) is 30.9 Å². The van der Waals surface area contributed by atoms with Crippen LogP contribution in [0.15, 0.2) is 48.0 Å². The number of Topliss-reactive ketones (excluding diaryl/α,β-unsaturated/α-hetero) is 1. The molecule has 1 atom stereocenters. The normalized spacial score (nSPS) is 17.8. The second-order valence-corrected chi connectivity index (χ2v) is 7.37. The minimum Gasteiger partial charge on any atom is -0.507 e. The fourth-order valence-electron chi connectivity index (χ4n) is 3.61. The average Bonchev–Trinajstić information content (AvgIpc) is 3.04. The summed E-state index contributed by atoms with van der Waals surface area (Å²) in [7, 11) is 4.56. The lowest BCUT2D eigenvalue weighted by Crippen LogP contribution is -2.31. The molecule has 164 valence electrons. The van der Waals surface area contributed by atoms with E-state index in [1.165, 1.54) is 25.2 Å². The van der Waals surface area contributed by atoms with Gasteiger partial charge in [0.2, 0.25) is 0 Å². The number of benzene rings is 2. The van der Waals surface area contributed by atoms with Crippen molar-refractivity contribution >= 4 is 29.1 Å². The molecule has 1 fully saturated rings. The van der Waals surface area contributed by atoms with Gasteiger partial charge in [-0.3, -0.25) is 9.59 Å². The number of carbonyl (C=O) groups is 2. The van der Waals surface area contributed by atoms with E-state index in [-0.39, 0.29) is 11.3 Å². The zero-order valence-electron chi connectivity index (χ0n) is 17.6. The van der Waals surface area contributed by atoms with Crippen molar-refractivity contribution in [1.29, 1.82) is 0 Å². The lowest BCUT2D eigenvalue weighted by Gasteiger charge is -2.25. The average molecular weight is 446 g/mol. The second kappa shape index (κ2) is 9.85. The zero-order chi connectivity index (χ0) is 22.5. The number of methoxy groups -OCH3 is 3. The summed E-state index contributed by atoms with van der Waals surface area (Å²) in [6, 6.07) is 11.0. The van der Waals surface area contributed by atoms with Gasteiger partial charge >= 0.3 is 0 Å². The summed E-state index contributed by atoms with van der Waals surface area (Å²) in [5.41, 5.74) is 0.975. The first-order valence-corrected chi connectivity index (χ1v) is 10.1. The molecular formula is C23H24ClNO6. The number of hydrogen-bond acceptors (Lipinski definition) is 6. The van der Waals surface area contributed by atoms with Gasteiger partial charge in [0, 0.05) is 25.8 Å². The highest BCUT2D eigenvalue weighted by atomic mass is 35.5. The van der Waals surface area contributed by atoms with Crippen molar-refractivity contribution in [3.63, 3.8) is 0 Å². The molecule has 2 aromatic carbocycles. The predicted octanol–water partition coefficient (Wildman–Crippen LogP) is 3.82. The van der Waals surface area contributed by atoms with Crippen molar-refractivity contribution in [2.45, 2.75) is 12.5 Å². The molecule has 1 unspecified atom stereocenters. The van der Waals surface area contributed by atoms with Crippen LogP contribution in [0.4, 0.5) is 0 Å². The molecule has 0 saturated carbocycles. The number of amides is 1. The van der Waals surface area contributed by atoms with E-state index in [0.29, 0.717) is 47.2 Å². The van der Waals surface area contributed by atoms with E-state index in [1.807, 2.05) is 0 Å². The van der Waals surface area contributed by atoms with E-state index in [9.17, 15) is 14.7 Å². The number of ether oxygens (including phenoxy) is 3. The van der Waals surface area contributed by atoms with E-state index >= 15 is 0 Å². The maximum Gasteiger partial charge on any atom is 0.295 e. The van der Waals surface area contributed by atoms with Gasteiger partial charge in [-0.15, -0.1) is 0 Å². The molecular weight excluding hydrogens is 422 g/mol. The minimum absolute atomic E-state index is 0.0000420. The van der Waals surface area contributed by atoms with Crippen molar-refractivity contribution in [1.82, 2.24) is 4.90 Å². The maximum atomic E-state index is 13.0. The Kier molecular flexibility index (Phi) is 7.20. The number of ketones is 1. The minimum atomic E-state index is -0.770. The van der Waals surface area contributed by atoms with E-state index in [0.717, 1.165) is 0 Å². The lowest BCUT2D eigenvalue weighted by atomic mass is 9.95. The Bertz CT molecular complexity index is 1020. The molecule has 8 heteroatoms. The Hall–Kier alpha value is -3.03. The molecule has 0 radical (unpaired) electrons. The van der Waals surface area contributed by atoms with Crippen LogP contribution in [-0.4, -0.2) is 56.2 Å². The van der Waals surface area contributed by atoms with Gasteiger partial charge in [0.15, 0.2) is 0 Å². The van der Waals surface area contributed by atoms with Gasteiger partial charge in [0.25, 0.3) is 11.7 Å². The highest BCUT2D eigenvalue weighted by Crippen LogP contribution is 2.41. The molecule has 2 aromatic rings. The van der Waals surface area contributed by atoms with Crippen molar-refractivity contribution in [3.05, 3.63) is 64.2 Å². The largest absolute Gasteiger partial charge is 0.507 e. The number of hydrogen-bond donors (Lipinski definition) is 1. The first-order valence-electron chi connectivity index (χ1n) is 9.68. The number of aliphatic hydroxyl groups excluding tert-OH is 1. The van der Waals surface area contributed by atoms with Crippen LogP contribution in [0, 0.1) is 0 Å². The third-order valence-corrected chi connectivity index (χ3v) is 5.43. The third-order valence-electron chi connectivity index (χ3n) is 5.12. The molecule has 0 aliphatic carbocycles. The van der Waals surface area contributed by atoms with Crippen molar-refractivity contribution in [3.8, 4) is 11.5 Å². The summed E-state index contributed by atoms with van der Waals surface area (Å²) in [6.45, 7) is 0.725. The smallest absolute Gasteiger partial charge is 0.295 e. The first kappa shape index (κ1) is 22.7. The predicted molar refractivity (Wildman–Crippen MR) is 117 cm³/mol. The number of rotatable bonds is 8. The maximum absolute atomic E-state index is 13.0. The van der Waals surface area contributed by atoms with E-state index < -0.39 is 17.7 Å². The number of aliphatic hydroxyl groups is 1. The number of likely N-dealkylation sites (tertiary alicyclic amines) is 1. The summed E-state index contributed by atoms with van der Waals surface area (Å²) in [5, 5.41) is 11.5. The third kappa shape index (κ3) is 4.52. The topological polar surface area (TPSA) is 85.3 Å². The molecule has 7 nitrogen and oxygen atoms in total. The summed E-state index contributed by atoms with van der Waals surface area (Å²) < 4.78 is 15.6. The standard InChI is InChI=1S/C23H24ClNO6/c1-29-11-5-10-25-20(14-6-4-7-16(12-14)30-2)19(22(27)23(25)28)21(26)15-8-9-17(24)18(13-15)31-3/h4,6-9,12-13,20,26H,5,10-11H2,1-3H3/b21-19-. The van der Waals surface area contributed by atoms with Crippen molar-refractivity contribution in [2.24, 2.45) is 0 Å². The summed E-state index contributed by atoms with van der Waals surface area (Å²) >= 11 is 6.09. The van der Waals surface area contributed by atoms with Crippen LogP contribution in [-0.2, 0) is 14.3 Å². The molecule has 1 heterocycles. The van der Waals surface area contributed by atoms with Gasteiger partial charge < -0.3 is 24.2 Å². The fraction of sp³-hybridized carbons (Fsp3) is 0.304. The molecule has 0 bridgehead atoms. The SMILES string of the molecule is COCCCN1C(=O)C(=O)/C(=C(\O)c2ccc(Cl)c(OC)c2)C1c1cccc(OC)c1. The monoisotopic (exact) mass is 445 g/mol. The van der Waals surface area contributed by atoms with E-state index in [4.69, 9.17) is 25.8 Å². The van der Waals surface area contributed by atoms with Crippen LogP contribution in [0.3, 0.4) is 0 Å². The Labute approximate surface area is 185 Å². The van der Waals surface area contributed by atoms with Gasteiger partial charge in [-0.05, 0) is 42.3 Å². The molecule has 0 spiro atoms. The molecule has 3 rings (SSSR count). The highest BCUT2D eigenvalue weighted by Gasteiger charge is 2.45. The molecule has 1 N–H and O–H groups in total. The molecule has 1 saturated heterocycles.